The Kier molecular flexibility index (Phi) is 2.91. The van der Waals surface area contributed by atoms with E-state index in [0.29, 0.717) is 17.7 Å². The summed E-state index contributed by atoms with van der Waals surface area (Å²) in [6.45, 7) is 0. The molecular weight excluding hydrogens is 286 g/mol. The molecule has 3 N–H and O–H groups in total. The Labute approximate surface area is 125 Å². The van der Waals surface area contributed by atoms with Crippen LogP contribution in [0.1, 0.15) is 49.2 Å². The first-order chi connectivity index (χ1) is 10.2. The van der Waals surface area contributed by atoms with E-state index in [4.69, 9.17) is 11.1 Å². The monoisotopic (exact) mass is 301 g/mol. The van der Waals surface area contributed by atoms with Crippen molar-refractivity contribution in [3.8, 4) is 0 Å². The zero-order valence-electron chi connectivity index (χ0n) is 11.4. The van der Waals surface area contributed by atoms with Crippen LogP contribution in [0.25, 0.3) is 0 Å². The summed E-state index contributed by atoms with van der Waals surface area (Å²) in [5.74, 6) is 1.66. The summed E-state index contributed by atoms with van der Waals surface area (Å²) in [5.41, 5.74) is 5.77. The molecule has 0 aliphatic heterocycles. The summed E-state index contributed by atoms with van der Waals surface area (Å²) in [4.78, 5) is 8.41. The van der Waals surface area contributed by atoms with Crippen molar-refractivity contribution in [2.75, 3.05) is 0 Å². The van der Waals surface area contributed by atoms with Gasteiger partial charge in [-0.2, -0.15) is 0 Å². The smallest absolute Gasteiger partial charge is 0.197 e. The fourth-order valence-electron chi connectivity index (χ4n) is 2.26. The van der Waals surface area contributed by atoms with Gasteiger partial charge >= 0.3 is 0 Å². The van der Waals surface area contributed by atoms with E-state index in [9.17, 15) is 0 Å². The summed E-state index contributed by atoms with van der Waals surface area (Å²) in [5, 5.41) is 17.7. The maximum Gasteiger partial charge on any atom is 0.197 e. The number of nitrogen functional groups attached to an aromatic ring is 1. The second-order valence-electron chi connectivity index (χ2n) is 5.47. The van der Waals surface area contributed by atoms with Gasteiger partial charge in [0, 0.05) is 12.0 Å². The van der Waals surface area contributed by atoms with Gasteiger partial charge in [0.1, 0.15) is 22.4 Å². The first-order valence-electron chi connectivity index (χ1n) is 7.01. The minimum Gasteiger partial charge on any atom is -0.382 e. The van der Waals surface area contributed by atoms with Crippen molar-refractivity contribution >= 4 is 17.6 Å². The summed E-state index contributed by atoms with van der Waals surface area (Å²) in [6, 6.07) is 0.558. The Morgan fingerprint density at radius 2 is 2.00 bits per heavy atom. The van der Waals surface area contributed by atoms with Crippen LogP contribution in [-0.4, -0.2) is 30.6 Å². The Morgan fingerprint density at radius 1 is 1.19 bits per heavy atom. The van der Waals surface area contributed by atoms with Gasteiger partial charge in [-0.25, -0.2) is 9.97 Å². The van der Waals surface area contributed by atoms with Crippen molar-refractivity contribution in [2.45, 2.75) is 47.8 Å². The third-order valence-electron chi connectivity index (χ3n) is 3.65. The third-order valence-corrected chi connectivity index (χ3v) is 4.53. The third kappa shape index (κ3) is 2.51. The van der Waals surface area contributed by atoms with E-state index < -0.39 is 0 Å². The lowest BCUT2D eigenvalue weighted by molar-refractivity contribution is 0.626. The van der Waals surface area contributed by atoms with Gasteiger partial charge in [-0.15, -0.1) is 10.2 Å². The number of amidine groups is 1. The SMILES string of the molecule is N=C(N)c1cnc(Sc2nnc(C3CC3)n2C2CC2)cn1. The van der Waals surface area contributed by atoms with Crippen LogP contribution in [0.4, 0.5) is 0 Å². The molecule has 0 spiro atoms. The van der Waals surface area contributed by atoms with Crippen LogP contribution in [0.2, 0.25) is 0 Å². The van der Waals surface area contributed by atoms with E-state index in [0.717, 1.165) is 16.0 Å². The standard InChI is InChI=1S/C13H15N7S/c14-11(15)9-5-17-10(6-16-9)21-13-19-18-12(7-1-2-7)20(13)8-3-4-8/h5-8H,1-4H2,(H3,14,15). The van der Waals surface area contributed by atoms with Crippen molar-refractivity contribution < 1.29 is 0 Å². The minimum atomic E-state index is -0.0729. The molecule has 0 bridgehead atoms. The van der Waals surface area contributed by atoms with E-state index in [1.807, 2.05) is 0 Å². The first kappa shape index (κ1) is 12.8. The van der Waals surface area contributed by atoms with Gasteiger partial charge in [0.05, 0.1) is 12.4 Å². The van der Waals surface area contributed by atoms with Crippen molar-refractivity contribution in [3.05, 3.63) is 23.9 Å². The number of nitrogens with two attached hydrogens (primary N) is 1. The molecule has 2 saturated carbocycles. The summed E-state index contributed by atoms with van der Waals surface area (Å²) >= 11 is 1.47. The number of hydrogen-bond donors (Lipinski definition) is 2. The number of aromatic nitrogens is 5. The average molecular weight is 301 g/mol. The van der Waals surface area contributed by atoms with Crippen molar-refractivity contribution in [1.29, 1.82) is 5.41 Å². The fourth-order valence-corrected chi connectivity index (χ4v) is 3.08. The van der Waals surface area contributed by atoms with E-state index in [1.165, 1.54) is 43.6 Å². The maximum atomic E-state index is 7.33. The van der Waals surface area contributed by atoms with Gasteiger partial charge in [-0.1, -0.05) is 0 Å². The molecule has 0 aromatic carbocycles. The van der Waals surface area contributed by atoms with Gasteiger partial charge in [0.15, 0.2) is 5.16 Å². The molecule has 2 aliphatic rings. The molecule has 2 aromatic heterocycles. The Morgan fingerprint density at radius 3 is 2.57 bits per heavy atom. The molecule has 2 aromatic rings. The molecule has 21 heavy (non-hydrogen) atoms. The highest BCUT2D eigenvalue weighted by molar-refractivity contribution is 7.99. The Balaban J connectivity index is 1.60. The van der Waals surface area contributed by atoms with Crippen LogP contribution < -0.4 is 5.73 Å². The second-order valence-corrected chi connectivity index (χ2v) is 6.46. The zero-order chi connectivity index (χ0) is 14.4. The lowest BCUT2D eigenvalue weighted by atomic mass is 10.4. The van der Waals surface area contributed by atoms with Gasteiger partial charge in [0.2, 0.25) is 0 Å². The molecule has 2 aliphatic carbocycles. The molecule has 0 unspecified atom stereocenters. The van der Waals surface area contributed by atoms with E-state index in [1.54, 1.807) is 6.20 Å². The van der Waals surface area contributed by atoms with Gasteiger partial charge in [-0.3, -0.25) is 5.41 Å². The van der Waals surface area contributed by atoms with E-state index >= 15 is 0 Å². The molecule has 0 radical (unpaired) electrons. The molecule has 2 heterocycles. The normalized spacial score (nSPS) is 17.9. The van der Waals surface area contributed by atoms with Crippen LogP contribution in [0.3, 0.4) is 0 Å². The molecule has 7 nitrogen and oxygen atoms in total. The molecule has 0 saturated heterocycles. The lowest BCUT2D eigenvalue weighted by Gasteiger charge is -2.07. The Hall–Kier alpha value is -1.96. The summed E-state index contributed by atoms with van der Waals surface area (Å²) in [7, 11) is 0. The quantitative estimate of drug-likeness (QED) is 0.643. The molecule has 108 valence electrons. The predicted octanol–water partition coefficient (Wildman–Crippen LogP) is 1.72. The van der Waals surface area contributed by atoms with Crippen molar-refractivity contribution in [2.24, 2.45) is 5.73 Å². The molecule has 0 atom stereocenters. The average Bonchev–Trinajstić information content (AvgIpc) is 3.39. The van der Waals surface area contributed by atoms with E-state index in [2.05, 4.69) is 24.7 Å². The van der Waals surface area contributed by atoms with Gasteiger partial charge in [-0.05, 0) is 37.4 Å². The number of nitrogens with one attached hydrogen (secondary N) is 1. The minimum absolute atomic E-state index is 0.0729. The molecule has 2 fully saturated rings. The van der Waals surface area contributed by atoms with Crippen LogP contribution in [0.15, 0.2) is 22.6 Å². The highest BCUT2D eigenvalue weighted by Gasteiger charge is 2.36. The maximum absolute atomic E-state index is 7.33. The lowest BCUT2D eigenvalue weighted by Crippen LogP contribution is -2.13. The van der Waals surface area contributed by atoms with Crippen molar-refractivity contribution in [1.82, 2.24) is 24.7 Å². The Bertz CT molecular complexity index is 685. The van der Waals surface area contributed by atoms with Crippen LogP contribution in [0, 0.1) is 5.41 Å². The summed E-state index contributed by atoms with van der Waals surface area (Å²) < 4.78 is 2.28. The largest absolute Gasteiger partial charge is 0.382 e. The first-order valence-corrected chi connectivity index (χ1v) is 7.83. The van der Waals surface area contributed by atoms with Gasteiger partial charge < -0.3 is 10.3 Å². The van der Waals surface area contributed by atoms with Gasteiger partial charge in [0.25, 0.3) is 0 Å². The van der Waals surface area contributed by atoms with Crippen molar-refractivity contribution in [3.63, 3.8) is 0 Å². The number of nitrogens with zero attached hydrogens (tertiary/aromatic N) is 5. The topological polar surface area (TPSA) is 106 Å². The zero-order valence-corrected chi connectivity index (χ0v) is 12.2. The fraction of sp³-hybridized carbons (Fsp3) is 0.462. The van der Waals surface area contributed by atoms with Crippen LogP contribution in [0.5, 0.6) is 0 Å². The molecule has 8 heteroatoms. The number of rotatable bonds is 5. The highest BCUT2D eigenvalue weighted by atomic mass is 32.2. The summed E-state index contributed by atoms with van der Waals surface area (Å²) in [6.07, 6.45) is 8.01. The molecule has 4 rings (SSSR count). The molecule has 0 amide bonds. The highest BCUT2D eigenvalue weighted by Crippen LogP contribution is 2.46. The second kappa shape index (κ2) is 4.80. The molecular formula is C13H15N7S. The van der Waals surface area contributed by atoms with Crippen LogP contribution in [-0.2, 0) is 0 Å². The number of hydrogen-bond acceptors (Lipinski definition) is 6. The predicted molar refractivity (Wildman–Crippen MR) is 77.4 cm³/mol. The van der Waals surface area contributed by atoms with Crippen LogP contribution >= 0.6 is 11.8 Å². The van der Waals surface area contributed by atoms with E-state index in [-0.39, 0.29) is 5.84 Å².